The van der Waals surface area contributed by atoms with Crippen LogP contribution in [0.5, 0.6) is 0 Å². The molecule has 306 valence electrons. The quantitative estimate of drug-likeness (QED) is 0.0472. The standard InChI is InChI=1S/C38H60N14O2S2/c1-39-17-20-48(4)31-42-43-32-9-13-34(14-10-32)49(5)23-21-46(2)29-36(53)40-18-27-55-56-28-19-41-37(54)30-47(3)22-24-50(6)35-15-11-33(12-16-35)44-45-38-51(7)25-26-52(38)8/h9-17,20,25-26,39H,18-19,21-24,27-31H2,1-8H3,(H-,40,41,53,54)/p+1/b20-17-,43-42?. The van der Waals surface area contributed by atoms with Crippen molar-refractivity contribution < 1.29 is 14.2 Å². The molecule has 0 saturated carbocycles. The van der Waals surface area contributed by atoms with E-state index < -0.39 is 0 Å². The Balaban J connectivity index is 1.18. The number of nitrogens with one attached hydrogen (secondary N) is 3. The Bertz CT molecular complexity index is 1660. The highest BCUT2D eigenvalue weighted by Crippen LogP contribution is 2.22. The van der Waals surface area contributed by atoms with Gasteiger partial charge in [0.25, 0.3) is 0 Å². The van der Waals surface area contributed by atoms with E-state index in [9.17, 15) is 9.59 Å². The molecule has 3 rings (SSSR count). The van der Waals surface area contributed by atoms with Gasteiger partial charge in [0.05, 0.1) is 45.3 Å². The normalized spacial score (nSPS) is 11.7. The van der Waals surface area contributed by atoms with Crippen molar-refractivity contribution in [2.24, 2.45) is 34.6 Å². The summed E-state index contributed by atoms with van der Waals surface area (Å²) in [6.07, 6.45) is 7.61. The molecule has 0 radical (unpaired) electrons. The van der Waals surface area contributed by atoms with Gasteiger partial charge in [-0.15, -0.1) is 0 Å². The molecule has 0 unspecified atom stereocenters. The number of anilines is 2. The van der Waals surface area contributed by atoms with Gasteiger partial charge in [0.1, 0.15) is 12.4 Å². The fraction of sp³-hybridized carbons (Fsp3) is 0.500. The van der Waals surface area contributed by atoms with Gasteiger partial charge in [0, 0.05) is 108 Å². The molecule has 16 nitrogen and oxygen atoms in total. The Morgan fingerprint density at radius 3 is 1.71 bits per heavy atom. The van der Waals surface area contributed by atoms with Gasteiger partial charge in [0.15, 0.2) is 0 Å². The molecule has 56 heavy (non-hydrogen) atoms. The zero-order valence-electron chi connectivity index (χ0n) is 34.3. The Labute approximate surface area is 340 Å². The minimum Gasteiger partial charge on any atom is -0.393 e. The third kappa shape index (κ3) is 17.9. The maximum atomic E-state index is 12.5. The number of likely N-dealkylation sites (N-methyl/N-ethyl adjacent to an activating group) is 4. The minimum atomic E-state index is 0.0126. The highest BCUT2D eigenvalue weighted by atomic mass is 33.1. The molecule has 2 aromatic carbocycles. The van der Waals surface area contributed by atoms with E-state index in [4.69, 9.17) is 0 Å². The summed E-state index contributed by atoms with van der Waals surface area (Å²) in [6.45, 7) is 5.42. The largest absolute Gasteiger partial charge is 0.421 e. The van der Waals surface area contributed by atoms with Gasteiger partial charge in [-0.1, -0.05) is 26.7 Å². The van der Waals surface area contributed by atoms with Crippen LogP contribution in [0.25, 0.3) is 0 Å². The van der Waals surface area contributed by atoms with Gasteiger partial charge in [0.2, 0.25) is 11.8 Å². The van der Waals surface area contributed by atoms with E-state index >= 15 is 0 Å². The van der Waals surface area contributed by atoms with Crippen LogP contribution >= 0.6 is 21.6 Å². The second kappa shape index (κ2) is 25.5. The van der Waals surface area contributed by atoms with E-state index in [1.165, 1.54) is 0 Å². The number of benzene rings is 2. The molecule has 1 aromatic heterocycles. The molecular formula is C38H61N14O2S2+. The van der Waals surface area contributed by atoms with Crippen molar-refractivity contribution in [2.75, 3.05) is 123 Å². The number of azo groups is 2. The molecule has 0 aliphatic carbocycles. The van der Waals surface area contributed by atoms with E-state index in [0.29, 0.717) is 32.8 Å². The van der Waals surface area contributed by atoms with Crippen LogP contribution in [0.15, 0.2) is 93.8 Å². The van der Waals surface area contributed by atoms with Crippen LogP contribution in [0.4, 0.5) is 28.7 Å². The van der Waals surface area contributed by atoms with Crippen LogP contribution in [0.3, 0.4) is 0 Å². The van der Waals surface area contributed by atoms with E-state index in [1.807, 2.05) is 154 Å². The van der Waals surface area contributed by atoms with Crippen molar-refractivity contribution in [1.82, 2.24) is 35.2 Å². The molecule has 0 spiro atoms. The van der Waals surface area contributed by atoms with Gasteiger partial charge >= 0.3 is 5.95 Å². The number of imidazole rings is 1. The number of rotatable bonds is 26. The molecule has 18 heteroatoms. The summed E-state index contributed by atoms with van der Waals surface area (Å²) < 4.78 is 3.83. The van der Waals surface area contributed by atoms with Crippen LogP contribution in [0, 0.1) is 0 Å². The zero-order chi connectivity index (χ0) is 40.7. The third-order valence-electron chi connectivity index (χ3n) is 8.51. The first-order valence-electron chi connectivity index (χ1n) is 18.6. The summed E-state index contributed by atoms with van der Waals surface area (Å²) in [6, 6.07) is 15.9. The number of carbonyl (C=O) groups is 2. The maximum Gasteiger partial charge on any atom is 0.421 e. The van der Waals surface area contributed by atoms with E-state index in [0.717, 1.165) is 66.4 Å². The first-order valence-corrected chi connectivity index (χ1v) is 21.1. The lowest BCUT2D eigenvalue weighted by atomic mass is 10.2. The van der Waals surface area contributed by atoms with Gasteiger partial charge in [-0.3, -0.25) is 19.4 Å². The number of hydrogen-bond acceptors (Lipinski definition) is 14. The Morgan fingerprint density at radius 1 is 0.750 bits per heavy atom. The topological polar surface area (TPSA) is 145 Å². The Hall–Kier alpha value is -4.65. The lowest BCUT2D eigenvalue weighted by Gasteiger charge is -2.23. The summed E-state index contributed by atoms with van der Waals surface area (Å²) in [5.74, 6) is 2.39. The lowest BCUT2D eigenvalue weighted by molar-refractivity contribution is -0.657. The van der Waals surface area contributed by atoms with E-state index in [-0.39, 0.29) is 11.8 Å². The Kier molecular flexibility index (Phi) is 20.8. The summed E-state index contributed by atoms with van der Waals surface area (Å²) in [5, 5.41) is 26.2. The van der Waals surface area contributed by atoms with Crippen LogP contribution < -0.4 is 30.3 Å². The lowest BCUT2D eigenvalue weighted by Crippen LogP contribution is -2.39. The SMILES string of the molecule is CN/C=C\N(C)CN=Nc1ccc(N(C)CCN(C)CC(=O)NCCSSCCNC(=O)CN(C)CCN(C)c2ccc(N=Nc3n(C)cc[n+]3C)cc2)cc1. The predicted molar refractivity (Wildman–Crippen MR) is 231 cm³/mol. The molecule has 0 fully saturated rings. The first kappa shape index (κ1) is 45.7. The highest BCUT2D eigenvalue weighted by molar-refractivity contribution is 8.76. The maximum absolute atomic E-state index is 12.5. The van der Waals surface area contributed by atoms with Crippen molar-refractivity contribution in [3.63, 3.8) is 0 Å². The van der Waals surface area contributed by atoms with Crippen molar-refractivity contribution in [3.05, 3.63) is 73.3 Å². The van der Waals surface area contributed by atoms with Gasteiger partial charge in [-0.25, -0.2) is 9.13 Å². The number of nitrogens with zero attached hydrogens (tertiary/aromatic N) is 11. The summed E-state index contributed by atoms with van der Waals surface area (Å²) in [4.78, 5) is 35.2. The molecule has 3 aromatic rings. The van der Waals surface area contributed by atoms with Crippen LogP contribution in [0.1, 0.15) is 0 Å². The molecule has 0 saturated heterocycles. The molecule has 0 aliphatic heterocycles. The molecule has 3 N–H and O–H groups in total. The van der Waals surface area contributed by atoms with Crippen LogP contribution in [-0.4, -0.2) is 144 Å². The number of hydrogen-bond donors (Lipinski definition) is 3. The molecular weight excluding hydrogens is 749 g/mol. The average molecular weight is 810 g/mol. The minimum absolute atomic E-state index is 0.0126. The van der Waals surface area contributed by atoms with Crippen molar-refractivity contribution in [1.29, 1.82) is 0 Å². The monoisotopic (exact) mass is 809 g/mol. The molecule has 0 atom stereocenters. The van der Waals surface area contributed by atoms with Crippen LogP contribution in [-0.2, 0) is 23.7 Å². The number of aromatic nitrogens is 2. The zero-order valence-corrected chi connectivity index (χ0v) is 35.9. The summed E-state index contributed by atoms with van der Waals surface area (Å²) in [7, 11) is 19.0. The fourth-order valence-electron chi connectivity index (χ4n) is 5.08. The van der Waals surface area contributed by atoms with E-state index in [1.54, 1.807) is 21.6 Å². The Morgan fingerprint density at radius 2 is 1.25 bits per heavy atom. The van der Waals surface area contributed by atoms with Crippen molar-refractivity contribution in [2.45, 2.75) is 0 Å². The van der Waals surface area contributed by atoms with Gasteiger partial charge in [-0.05, 0) is 62.6 Å². The average Bonchev–Trinajstić information content (AvgIpc) is 3.51. The van der Waals surface area contributed by atoms with Crippen LogP contribution in [0.2, 0.25) is 0 Å². The number of amides is 2. The molecule has 2 amide bonds. The second-order valence-electron chi connectivity index (χ2n) is 13.5. The molecule has 0 bridgehead atoms. The first-order chi connectivity index (χ1) is 26.9. The smallest absolute Gasteiger partial charge is 0.393 e. The van der Waals surface area contributed by atoms with Gasteiger partial charge < -0.3 is 30.7 Å². The highest BCUT2D eigenvalue weighted by Gasteiger charge is 2.12. The third-order valence-corrected chi connectivity index (χ3v) is 10.9. The number of aryl methyl sites for hydroxylation is 2. The summed E-state index contributed by atoms with van der Waals surface area (Å²) in [5.41, 5.74) is 3.74. The fourth-order valence-corrected chi connectivity index (χ4v) is 6.89. The van der Waals surface area contributed by atoms with E-state index in [2.05, 4.69) is 46.2 Å². The van der Waals surface area contributed by atoms with Crippen molar-refractivity contribution in [3.8, 4) is 0 Å². The van der Waals surface area contributed by atoms with Gasteiger partial charge in [-0.2, -0.15) is 10.2 Å². The molecule has 0 aliphatic rings. The summed E-state index contributed by atoms with van der Waals surface area (Å²) >= 11 is 0. The number of carbonyl (C=O) groups excluding carboxylic acids is 2. The predicted octanol–water partition coefficient (Wildman–Crippen LogP) is 3.98. The molecule has 1 heterocycles. The van der Waals surface area contributed by atoms with Crippen molar-refractivity contribution >= 4 is 62.1 Å². The second-order valence-corrected chi connectivity index (χ2v) is 16.2.